The van der Waals surface area contributed by atoms with Gasteiger partial charge in [0.15, 0.2) is 10.4 Å². The quantitative estimate of drug-likeness (QED) is 0.536. The fourth-order valence-corrected chi connectivity index (χ4v) is 3.04. The summed E-state index contributed by atoms with van der Waals surface area (Å²) in [6.45, 7) is 0.413. The molecule has 0 aliphatic carbocycles. The average Bonchev–Trinajstić information content (AvgIpc) is 3.35. The molecule has 7 nitrogen and oxygen atoms in total. The Bertz CT molecular complexity index is 1000. The van der Waals surface area contributed by atoms with Crippen LogP contribution in [0.25, 0.3) is 11.3 Å². The second-order valence-electron chi connectivity index (χ2n) is 6.49. The molecule has 0 fully saturated rings. The molecule has 0 unspecified atom stereocenters. The van der Waals surface area contributed by atoms with Gasteiger partial charge in [0.05, 0.1) is 12.2 Å². The van der Waals surface area contributed by atoms with Gasteiger partial charge in [0, 0.05) is 24.8 Å². The van der Waals surface area contributed by atoms with Crippen molar-refractivity contribution in [2.45, 2.75) is 12.8 Å². The molecule has 2 heterocycles. The number of benzene rings is 1. The Morgan fingerprint density at radius 3 is 2.83 bits per heavy atom. The van der Waals surface area contributed by atoms with Crippen molar-refractivity contribution in [1.82, 2.24) is 20.4 Å². The smallest absolute Gasteiger partial charge is 0.287 e. The van der Waals surface area contributed by atoms with Crippen LogP contribution >= 0.6 is 15.9 Å². The van der Waals surface area contributed by atoms with Crippen LogP contribution in [-0.2, 0) is 11.2 Å². The van der Waals surface area contributed by atoms with Gasteiger partial charge < -0.3 is 14.6 Å². The molecule has 0 saturated heterocycles. The third kappa shape index (κ3) is 5.77. The molecule has 0 radical (unpaired) electrons. The van der Waals surface area contributed by atoms with Gasteiger partial charge in [0.2, 0.25) is 5.91 Å². The molecule has 0 bridgehead atoms. The summed E-state index contributed by atoms with van der Waals surface area (Å²) in [5.41, 5.74) is 2.29. The molecule has 0 aliphatic rings. The van der Waals surface area contributed by atoms with Crippen LogP contribution in [0.3, 0.4) is 0 Å². The van der Waals surface area contributed by atoms with Crippen LogP contribution in [0.1, 0.15) is 22.7 Å². The molecule has 2 N–H and O–H groups in total. The van der Waals surface area contributed by atoms with Gasteiger partial charge in [-0.25, -0.2) is 4.39 Å². The monoisotopic (exact) mass is 462 g/mol. The minimum Gasteiger partial charge on any atom is -0.444 e. The molecule has 1 aromatic carbocycles. The molecule has 9 heteroatoms. The van der Waals surface area contributed by atoms with E-state index in [0.717, 1.165) is 5.69 Å². The fourth-order valence-electron chi connectivity index (χ4n) is 2.73. The summed E-state index contributed by atoms with van der Waals surface area (Å²) in [5.74, 6) is -0.812. The largest absolute Gasteiger partial charge is 0.444 e. The Morgan fingerprint density at radius 2 is 2.10 bits per heavy atom. The zero-order chi connectivity index (χ0) is 20.8. The Hall–Kier alpha value is -2.94. The number of aryl methyl sites for hydroxylation is 1. The summed E-state index contributed by atoms with van der Waals surface area (Å²) in [4.78, 5) is 25.6. The van der Waals surface area contributed by atoms with E-state index in [1.807, 2.05) is 6.07 Å². The van der Waals surface area contributed by atoms with Crippen LogP contribution in [-0.4, -0.2) is 47.0 Å². The maximum Gasteiger partial charge on any atom is 0.287 e. The van der Waals surface area contributed by atoms with Crippen LogP contribution in [0, 0.1) is 5.82 Å². The summed E-state index contributed by atoms with van der Waals surface area (Å²) in [7, 11) is 1.68. The zero-order valence-corrected chi connectivity index (χ0v) is 17.3. The summed E-state index contributed by atoms with van der Waals surface area (Å²) >= 11 is 3.12. The number of halogens is 2. The average molecular weight is 463 g/mol. The lowest BCUT2D eigenvalue weighted by molar-refractivity contribution is -0.128. The second-order valence-corrected chi connectivity index (χ2v) is 7.28. The number of furan rings is 1. The van der Waals surface area contributed by atoms with Crippen molar-refractivity contribution in [3.8, 4) is 11.3 Å². The third-order valence-electron chi connectivity index (χ3n) is 4.31. The van der Waals surface area contributed by atoms with Crippen LogP contribution in [0.4, 0.5) is 4.39 Å². The molecule has 0 spiro atoms. The van der Waals surface area contributed by atoms with Crippen molar-refractivity contribution in [3.05, 3.63) is 64.4 Å². The first kappa shape index (κ1) is 20.8. The number of likely N-dealkylation sites (N-methyl/N-ethyl adjacent to an activating group) is 1. The number of carbonyl (C=O) groups is 2. The number of aromatic nitrogens is 2. The van der Waals surface area contributed by atoms with E-state index in [-0.39, 0.29) is 24.0 Å². The Kier molecular flexibility index (Phi) is 6.82. The Labute approximate surface area is 175 Å². The van der Waals surface area contributed by atoms with E-state index >= 15 is 0 Å². The molecule has 2 aromatic heterocycles. The highest BCUT2D eigenvalue weighted by molar-refractivity contribution is 9.10. The number of hydrogen-bond acceptors (Lipinski definition) is 4. The Morgan fingerprint density at radius 1 is 1.28 bits per heavy atom. The van der Waals surface area contributed by atoms with Crippen molar-refractivity contribution in [3.63, 3.8) is 0 Å². The van der Waals surface area contributed by atoms with Gasteiger partial charge in [-0.3, -0.25) is 14.7 Å². The van der Waals surface area contributed by atoms with Crippen LogP contribution in [0.15, 0.2) is 51.6 Å². The van der Waals surface area contributed by atoms with Crippen LogP contribution < -0.4 is 5.32 Å². The van der Waals surface area contributed by atoms with Gasteiger partial charge >= 0.3 is 0 Å². The van der Waals surface area contributed by atoms with Crippen molar-refractivity contribution < 1.29 is 18.4 Å². The maximum absolute atomic E-state index is 13.3. The summed E-state index contributed by atoms with van der Waals surface area (Å²) < 4.78 is 18.9. The highest BCUT2D eigenvalue weighted by atomic mass is 79.9. The first-order valence-corrected chi connectivity index (χ1v) is 9.79. The predicted molar refractivity (Wildman–Crippen MR) is 109 cm³/mol. The maximum atomic E-state index is 13.3. The van der Waals surface area contributed by atoms with Gasteiger partial charge in [-0.05, 0) is 59.1 Å². The van der Waals surface area contributed by atoms with Gasteiger partial charge in [-0.1, -0.05) is 12.1 Å². The predicted octanol–water partition coefficient (Wildman–Crippen LogP) is 3.39. The number of aromatic amines is 1. The minimum absolute atomic E-state index is 0.110. The zero-order valence-electron chi connectivity index (χ0n) is 15.7. The third-order valence-corrected chi connectivity index (χ3v) is 4.74. The number of nitrogens with one attached hydrogen (secondary N) is 2. The van der Waals surface area contributed by atoms with Gasteiger partial charge in [0.1, 0.15) is 5.82 Å². The lowest BCUT2D eigenvalue weighted by Gasteiger charge is -2.17. The van der Waals surface area contributed by atoms with Crippen molar-refractivity contribution in [1.29, 1.82) is 0 Å². The molecule has 2 amide bonds. The van der Waals surface area contributed by atoms with E-state index in [4.69, 9.17) is 4.42 Å². The van der Waals surface area contributed by atoms with Gasteiger partial charge in [-0.2, -0.15) is 5.10 Å². The normalized spacial score (nSPS) is 10.7. The lowest BCUT2D eigenvalue weighted by Crippen LogP contribution is -2.38. The minimum atomic E-state index is -0.445. The van der Waals surface area contributed by atoms with E-state index in [1.54, 1.807) is 30.1 Å². The summed E-state index contributed by atoms with van der Waals surface area (Å²) in [6, 6.07) is 11.3. The molecular weight excluding hydrogens is 443 g/mol. The number of nitrogens with zero attached hydrogens (tertiary/aromatic N) is 2. The second kappa shape index (κ2) is 9.51. The van der Waals surface area contributed by atoms with Crippen LogP contribution in [0.2, 0.25) is 0 Å². The van der Waals surface area contributed by atoms with E-state index in [0.29, 0.717) is 35.3 Å². The van der Waals surface area contributed by atoms with Crippen LogP contribution in [0.5, 0.6) is 0 Å². The van der Waals surface area contributed by atoms with Crippen molar-refractivity contribution >= 4 is 27.7 Å². The molecule has 3 aromatic rings. The summed E-state index contributed by atoms with van der Waals surface area (Å²) in [6.07, 6.45) is 1.40. The number of rotatable bonds is 8. The molecule has 0 saturated carbocycles. The van der Waals surface area contributed by atoms with E-state index in [1.165, 1.54) is 18.2 Å². The highest BCUT2D eigenvalue weighted by Crippen LogP contribution is 2.19. The number of hydrogen-bond donors (Lipinski definition) is 2. The van der Waals surface area contributed by atoms with Crippen molar-refractivity contribution in [2.24, 2.45) is 0 Å². The van der Waals surface area contributed by atoms with E-state index < -0.39 is 5.91 Å². The molecular formula is C20H20BrFN4O3. The number of amides is 2. The fraction of sp³-hybridized carbons (Fsp3) is 0.250. The van der Waals surface area contributed by atoms with E-state index in [2.05, 4.69) is 31.4 Å². The topological polar surface area (TPSA) is 91.2 Å². The Balaban J connectivity index is 1.42. The number of carbonyl (C=O) groups excluding carboxylic acids is 2. The molecule has 152 valence electrons. The lowest BCUT2D eigenvalue weighted by atomic mass is 10.1. The highest BCUT2D eigenvalue weighted by Gasteiger charge is 2.14. The molecule has 0 atom stereocenters. The van der Waals surface area contributed by atoms with E-state index in [9.17, 15) is 14.0 Å². The summed E-state index contributed by atoms with van der Waals surface area (Å²) in [5, 5.41) is 9.68. The van der Waals surface area contributed by atoms with Crippen molar-refractivity contribution in [2.75, 3.05) is 20.1 Å². The molecule has 3 rings (SSSR count). The first-order chi connectivity index (χ1) is 13.9. The SMILES string of the molecule is CN(CCCc1cc(-c2cccc(F)c2)n[nH]1)C(=O)CNC(=O)c1ccc(Br)o1. The first-order valence-electron chi connectivity index (χ1n) is 9.00. The standard InChI is InChI=1S/C20H20BrFN4O3/c1-26(19(27)12-23-20(28)17-7-8-18(21)29-17)9-3-6-15-11-16(25-24-15)13-4-2-5-14(22)10-13/h2,4-5,7-8,10-11H,3,6,9,12H2,1H3,(H,23,28)(H,24,25). The molecule has 29 heavy (non-hydrogen) atoms. The van der Waals surface area contributed by atoms with Gasteiger partial charge in [0.25, 0.3) is 5.91 Å². The van der Waals surface area contributed by atoms with Gasteiger partial charge in [-0.15, -0.1) is 0 Å². The molecule has 0 aliphatic heterocycles. The number of H-pyrrole nitrogens is 1.